The smallest absolute Gasteiger partial charge is 0.347 e. The Morgan fingerprint density at radius 2 is 1.05 bits per heavy atom. The molecule has 0 aromatic heterocycles. The molecule has 1 amide bonds. The van der Waals surface area contributed by atoms with Gasteiger partial charge in [0.05, 0.1) is 30.8 Å². The van der Waals surface area contributed by atoms with Crippen LogP contribution in [0.25, 0.3) is 0 Å². The SMILES string of the molecule is CC(C)(C)[C@H](CN=P(c1ccccc1)(c1ccccc1)c1ccccc1)NC(=O)c1cc(C(F)(F)F)cc(C(F)(F)F)c1. The molecular formula is C33H31F6N2OP. The lowest BCUT2D eigenvalue weighted by atomic mass is 9.86. The van der Waals surface area contributed by atoms with Gasteiger partial charge in [-0.05, 0) is 23.6 Å². The van der Waals surface area contributed by atoms with Crippen LogP contribution in [0.15, 0.2) is 114 Å². The summed E-state index contributed by atoms with van der Waals surface area (Å²) in [7, 11) is -2.68. The topological polar surface area (TPSA) is 41.5 Å². The molecule has 0 aliphatic rings. The van der Waals surface area contributed by atoms with E-state index in [9.17, 15) is 31.1 Å². The van der Waals surface area contributed by atoms with Gasteiger partial charge in [0.2, 0.25) is 0 Å². The van der Waals surface area contributed by atoms with Gasteiger partial charge in [-0.15, -0.1) is 0 Å². The zero-order valence-electron chi connectivity index (χ0n) is 23.7. The third kappa shape index (κ3) is 7.39. The first-order valence-corrected chi connectivity index (χ1v) is 15.2. The van der Waals surface area contributed by atoms with Crippen molar-refractivity contribution in [1.82, 2.24) is 5.32 Å². The van der Waals surface area contributed by atoms with Gasteiger partial charge in [0.15, 0.2) is 0 Å². The average molecular weight is 617 g/mol. The fourth-order valence-electron chi connectivity index (χ4n) is 4.69. The van der Waals surface area contributed by atoms with Crippen molar-refractivity contribution in [3.63, 3.8) is 0 Å². The van der Waals surface area contributed by atoms with Crippen LogP contribution >= 0.6 is 7.05 Å². The maximum absolute atomic E-state index is 13.5. The first-order valence-electron chi connectivity index (χ1n) is 13.5. The Kier molecular flexibility index (Phi) is 9.26. The Bertz CT molecular complexity index is 1460. The molecule has 0 fully saturated rings. The molecule has 0 heterocycles. The zero-order valence-corrected chi connectivity index (χ0v) is 24.6. The number of alkyl halides is 6. The van der Waals surface area contributed by atoms with E-state index in [1.54, 1.807) is 0 Å². The highest BCUT2D eigenvalue weighted by molar-refractivity contribution is 7.87. The Labute approximate surface area is 247 Å². The first kappa shape index (κ1) is 32.1. The Balaban J connectivity index is 1.84. The summed E-state index contributed by atoms with van der Waals surface area (Å²) < 4.78 is 86.2. The molecule has 10 heteroatoms. The molecule has 0 radical (unpaired) electrons. The second-order valence-electron chi connectivity index (χ2n) is 11.2. The van der Waals surface area contributed by atoms with Crippen LogP contribution in [-0.2, 0) is 12.4 Å². The average Bonchev–Trinajstić information content (AvgIpc) is 2.96. The van der Waals surface area contributed by atoms with Crippen molar-refractivity contribution in [2.45, 2.75) is 39.2 Å². The Morgan fingerprint density at radius 1 is 0.674 bits per heavy atom. The number of rotatable bonds is 7. The van der Waals surface area contributed by atoms with E-state index in [0.29, 0.717) is 12.1 Å². The summed E-state index contributed by atoms with van der Waals surface area (Å²) in [5.41, 5.74) is -4.49. The summed E-state index contributed by atoms with van der Waals surface area (Å²) in [6.45, 7) is 5.53. The molecule has 0 spiro atoms. The number of carbonyl (C=O) groups is 1. The fourth-order valence-corrected chi connectivity index (χ4v) is 8.29. The number of amides is 1. The molecule has 0 aliphatic heterocycles. The second-order valence-corrected chi connectivity index (χ2v) is 14.3. The normalized spacial score (nSPS) is 13.3. The van der Waals surface area contributed by atoms with Gasteiger partial charge in [0, 0.05) is 21.5 Å². The van der Waals surface area contributed by atoms with Crippen molar-refractivity contribution >= 4 is 28.9 Å². The molecule has 0 saturated carbocycles. The molecule has 3 nitrogen and oxygen atoms in total. The third-order valence-corrected chi connectivity index (χ3v) is 10.8. The van der Waals surface area contributed by atoms with Crippen LogP contribution < -0.4 is 21.2 Å². The van der Waals surface area contributed by atoms with Crippen molar-refractivity contribution in [2.75, 3.05) is 6.54 Å². The van der Waals surface area contributed by atoms with Crippen LogP contribution in [-0.4, -0.2) is 18.5 Å². The fraction of sp³-hybridized carbons (Fsp3) is 0.242. The van der Waals surface area contributed by atoms with Crippen molar-refractivity contribution in [3.05, 3.63) is 126 Å². The molecule has 43 heavy (non-hydrogen) atoms. The predicted molar refractivity (Wildman–Crippen MR) is 160 cm³/mol. The molecule has 0 bridgehead atoms. The zero-order chi connectivity index (χ0) is 31.5. The van der Waals surface area contributed by atoms with E-state index in [1.165, 1.54) is 0 Å². The number of nitrogens with one attached hydrogen (secondary N) is 1. The predicted octanol–water partition coefficient (Wildman–Crippen LogP) is 8.05. The van der Waals surface area contributed by atoms with Crippen molar-refractivity contribution in [3.8, 4) is 0 Å². The van der Waals surface area contributed by atoms with Gasteiger partial charge in [-0.3, -0.25) is 9.54 Å². The summed E-state index contributed by atoms with van der Waals surface area (Å²) in [4.78, 5) is 13.3. The molecule has 4 aromatic carbocycles. The molecule has 226 valence electrons. The minimum Gasteiger partial charge on any atom is -0.347 e. The molecule has 4 aromatic rings. The lowest BCUT2D eigenvalue weighted by Crippen LogP contribution is -2.46. The lowest BCUT2D eigenvalue weighted by molar-refractivity contribution is -0.143. The second kappa shape index (κ2) is 12.4. The van der Waals surface area contributed by atoms with E-state index in [2.05, 4.69) is 5.32 Å². The van der Waals surface area contributed by atoms with Gasteiger partial charge in [0.25, 0.3) is 5.91 Å². The molecular weight excluding hydrogens is 585 g/mol. The van der Waals surface area contributed by atoms with Gasteiger partial charge in [-0.25, -0.2) is 0 Å². The van der Waals surface area contributed by atoms with E-state index in [1.807, 2.05) is 112 Å². The molecule has 0 aliphatic carbocycles. The Morgan fingerprint density at radius 3 is 1.37 bits per heavy atom. The maximum atomic E-state index is 13.5. The number of halogens is 6. The number of benzene rings is 4. The van der Waals surface area contributed by atoms with Gasteiger partial charge < -0.3 is 5.32 Å². The standard InChI is InChI=1S/C33H31F6N2OP/c1-31(2,3)29(41-30(42)23-19-24(32(34,35)36)21-25(20-23)33(37,38)39)22-40-43(26-13-7-4-8-14-26,27-15-9-5-10-16-27)28-17-11-6-12-18-28/h4-21,29H,22H2,1-3H3,(H,41,42)/t29-/m0/s1. The largest absolute Gasteiger partial charge is 0.416 e. The van der Waals surface area contributed by atoms with Crippen LogP contribution in [0, 0.1) is 5.41 Å². The molecule has 1 N–H and O–H groups in total. The Hall–Kier alpha value is -3.84. The van der Waals surface area contributed by atoms with Crippen molar-refractivity contribution in [2.24, 2.45) is 10.2 Å². The minimum absolute atomic E-state index is 0.00572. The van der Waals surface area contributed by atoms with Crippen LogP contribution in [0.3, 0.4) is 0 Å². The van der Waals surface area contributed by atoms with E-state index >= 15 is 0 Å². The van der Waals surface area contributed by atoms with Gasteiger partial charge in [0.1, 0.15) is 0 Å². The number of carbonyl (C=O) groups excluding carboxylic acids is 1. The highest BCUT2D eigenvalue weighted by Crippen LogP contribution is 2.47. The van der Waals surface area contributed by atoms with Crippen LogP contribution in [0.1, 0.15) is 42.3 Å². The molecule has 0 saturated heterocycles. The number of hydrogen-bond acceptors (Lipinski definition) is 2. The van der Waals surface area contributed by atoms with Gasteiger partial charge in [-0.1, -0.05) is 112 Å². The summed E-state index contributed by atoms with van der Waals surface area (Å²) in [6.07, 6.45) is -10.1. The first-order chi connectivity index (χ1) is 20.1. The van der Waals surface area contributed by atoms with E-state index in [0.717, 1.165) is 15.9 Å². The van der Waals surface area contributed by atoms with Crippen LogP contribution in [0.4, 0.5) is 26.3 Å². The summed E-state index contributed by atoms with van der Waals surface area (Å²) in [5, 5.41) is 5.58. The molecule has 4 rings (SSSR count). The minimum atomic E-state index is -5.07. The maximum Gasteiger partial charge on any atom is 0.416 e. The molecule has 1 atom stereocenters. The van der Waals surface area contributed by atoms with Crippen LogP contribution in [0.5, 0.6) is 0 Å². The monoisotopic (exact) mass is 616 g/mol. The van der Waals surface area contributed by atoms with Gasteiger partial charge in [-0.2, -0.15) is 26.3 Å². The highest BCUT2D eigenvalue weighted by atomic mass is 31.2. The summed E-state index contributed by atoms with van der Waals surface area (Å²) in [6, 6.07) is 29.3. The van der Waals surface area contributed by atoms with E-state index < -0.39 is 53.5 Å². The number of nitrogens with zero attached hydrogens (tertiary/aromatic N) is 1. The number of hydrogen-bond donors (Lipinski definition) is 1. The highest BCUT2D eigenvalue weighted by Gasteiger charge is 2.38. The van der Waals surface area contributed by atoms with Crippen molar-refractivity contribution < 1.29 is 31.1 Å². The quantitative estimate of drug-likeness (QED) is 0.166. The summed E-state index contributed by atoms with van der Waals surface area (Å²) >= 11 is 0. The van der Waals surface area contributed by atoms with E-state index in [-0.39, 0.29) is 12.6 Å². The molecule has 0 unspecified atom stereocenters. The lowest BCUT2D eigenvalue weighted by Gasteiger charge is -2.33. The van der Waals surface area contributed by atoms with E-state index in [4.69, 9.17) is 4.74 Å². The van der Waals surface area contributed by atoms with Crippen LogP contribution in [0.2, 0.25) is 0 Å². The van der Waals surface area contributed by atoms with Crippen molar-refractivity contribution in [1.29, 1.82) is 0 Å². The third-order valence-electron chi connectivity index (χ3n) is 7.07. The van der Waals surface area contributed by atoms with Gasteiger partial charge >= 0.3 is 12.4 Å². The summed E-state index contributed by atoms with van der Waals surface area (Å²) in [5.74, 6) is -1.05.